The van der Waals surface area contributed by atoms with E-state index in [1.807, 2.05) is 32.9 Å². The zero-order chi connectivity index (χ0) is 26.9. The second-order valence-electron chi connectivity index (χ2n) is 8.71. The number of benzene rings is 3. The van der Waals surface area contributed by atoms with E-state index in [1.165, 1.54) is 30.3 Å². The highest BCUT2D eigenvalue weighted by molar-refractivity contribution is 7.99. The lowest BCUT2D eigenvalue weighted by molar-refractivity contribution is -0.274. The van der Waals surface area contributed by atoms with Gasteiger partial charge in [0.15, 0.2) is 0 Å². The van der Waals surface area contributed by atoms with Crippen molar-refractivity contribution in [3.05, 3.63) is 72.3 Å². The van der Waals surface area contributed by atoms with Crippen molar-refractivity contribution in [1.29, 1.82) is 0 Å². The molecule has 36 heavy (non-hydrogen) atoms. The van der Waals surface area contributed by atoms with Crippen LogP contribution in [-0.2, 0) is 15.4 Å². The second-order valence-corrected chi connectivity index (χ2v) is 11.5. The zero-order valence-corrected chi connectivity index (χ0v) is 20.8. The number of ether oxygens (including phenoxy) is 1. The summed E-state index contributed by atoms with van der Waals surface area (Å²) in [6.07, 6.45) is -4.86. The first-order valence-electron chi connectivity index (χ1n) is 10.3. The predicted octanol–water partition coefficient (Wildman–Crippen LogP) is 7.96. The van der Waals surface area contributed by atoms with Gasteiger partial charge in [-0.1, -0.05) is 62.9 Å². The van der Waals surface area contributed by atoms with Gasteiger partial charge in [-0.2, -0.15) is 21.6 Å². The molecule has 0 amide bonds. The van der Waals surface area contributed by atoms with E-state index in [9.17, 15) is 34.8 Å². The van der Waals surface area contributed by atoms with Crippen LogP contribution in [0.4, 0.5) is 32.0 Å². The maximum Gasteiger partial charge on any atom is 0.573 e. The smallest absolute Gasteiger partial charge is 0.406 e. The van der Waals surface area contributed by atoms with Gasteiger partial charge in [-0.05, 0) is 58.5 Å². The van der Waals surface area contributed by atoms with Gasteiger partial charge in [0.25, 0.3) is 0 Å². The highest BCUT2D eigenvalue weighted by atomic mass is 32.2. The number of rotatable bonds is 6. The van der Waals surface area contributed by atoms with E-state index in [0.717, 1.165) is 29.5 Å². The lowest BCUT2D eigenvalue weighted by Gasteiger charge is -2.19. The molecule has 12 heteroatoms. The SMILES string of the molecule is CC(C)(C)c1ccc(Sc2cc(-c3ccc(OC(F)(F)F)cc3)ccc2NS(=O)(=O)C(F)(F)F)cc1. The van der Waals surface area contributed by atoms with Gasteiger partial charge in [-0.3, -0.25) is 4.72 Å². The van der Waals surface area contributed by atoms with Crippen molar-refractivity contribution in [2.45, 2.75) is 47.8 Å². The maximum atomic E-state index is 13.0. The Hall–Kier alpha value is -2.86. The molecule has 0 saturated heterocycles. The van der Waals surface area contributed by atoms with E-state index in [2.05, 4.69) is 4.74 Å². The molecule has 0 heterocycles. The largest absolute Gasteiger partial charge is 0.573 e. The normalized spacial score (nSPS) is 12.9. The van der Waals surface area contributed by atoms with Gasteiger partial charge in [0.2, 0.25) is 0 Å². The third kappa shape index (κ3) is 7.10. The molecule has 0 aromatic heterocycles. The molecule has 0 aliphatic heterocycles. The number of nitrogens with one attached hydrogen (secondary N) is 1. The van der Waals surface area contributed by atoms with Crippen LogP contribution in [0.15, 0.2) is 76.5 Å². The minimum atomic E-state index is -5.68. The van der Waals surface area contributed by atoms with Crippen molar-refractivity contribution < 1.29 is 39.5 Å². The fraction of sp³-hybridized carbons (Fsp3) is 0.250. The summed E-state index contributed by atoms with van der Waals surface area (Å²) in [5, 5.41) is 0. The number of anilines is 1. The van der Waals surface area contributed by atoms with E-state index in [4.69, 9.17) is 0 Å². The Kier molecular flexibility index (Phi) is 7.62. The van der Waals surface area contributed by atoms with E-state index in [1.54, 1.807) is 16.9 Å². The van der Waals surface area contributed by atoms with Crippen molar-refractivity contribution in [2.75, 3.05) is 4.72 Å². The van der Waals surface area contributed by atoms with Crippen molar-refractivity contribution >= 4 is 27.5 Å². The second kappa shape index (κ2) is 9.89. The van der Waals surface area contributed by atoms with Gasteiger partial charge in [-0.25, -0.2) is 0 Å². The minimum Gasteiger partial charge on any atom is -0.406 e. The van der Waals surface area contributed by atoms with Crippen molar-refractivity contribution in [2.24, 2.45) is 0 Å². The molecule has 0 unspecified atom stereocenters. The van der Waals surface area contributed by atoms with Gasteiger partial charge < -0.3 is 4.74 Å². The van der Waals surface area contributed by atoms with Gasteiger partial charge >= 0.3 is 21.9 Å². The Morgan fingerprint density at radius 3 is 1.83 bits per heavy atom. The van der Waals surface area contributed by atoms with Crippen LogP contribution in [0.3, 0.4) is 0 Å². The number of alkyl halides is 6. The minimum absolute atomic E-state index is 0.126. The molecule has 3 aromatic rings. The average Bonchev–Trinajstić information content (AvgIpc) is 2.73. The molecule has 1 N–H and O–H groups in total. The molecule has 0 fully saturated rings. The summed E-state index contributed by atoms with van der Waals surface area (Å²) >= 11 is 1.04. The van der Waals surface area contributed by atoms with Crippen LogP contribution < -0.4 is 9.46 Å². The number of halogens is 6. The predicted molar refractivity (Wildman–Crippen MR) is 126 cm³/mol. The maximum absolute atomic E-state index is 13.0. The summed E-state index contributed by atoms with van der Waals surface area (Å²) in [5.41, 5.74) is -4.02. The summed E-state index contributed by atoms with van der Waals surface area (Å²) in [7, 11) is -5.68. The molecule has 0 spiro atoms. The number of hydrogen-bond donors (Lipinski definition) is 1. The Morgan fingerprint density at radius 2 is 1.33 bits per heavy atom. The topological polar surface area (TPSA) is 55.4 Å². The molecule has 0 bridgehead atoms. The molecule has 0 atom stereocenters. The molecule has 0 aliphatic rings. The monoisotopic (exact) mass is 549 g/mol. The molecule has 0 saturated carbocycles. The highest BCUT2D eigenvalue weighted by Crippen LogP contribution is 2.39. The third-order valence-electron chi connectivity index (χ3n) is 4.90. The van der Waals surface area contributed by atoms with Crippen LogP contribution in [0.5, 0.6) is 5.75 Å². The fourth-order valence-corrected chi connectivity index (χ4v) is 4.66. The van der Waals surface area contributed by atoms with Crippen LogP contribution in [0.1, 0.15) is 26.3 Å². The average molecular weight is 550 g/mol. The highest BCUT2D eigenvalue weighted by Gasteiger charge is 2.46. The molecule has 194 valence electrons. The van der Waals surface area contributed by atoms with Crippen molar-refractivity contribution in [3.63, 3.8) is 0 Å². The van der Waals surface area contributed by atoms with Gasteiger partial charge in [0, 0.05) is 9.79 Å². The number of sulfonamides is 1. The summed E-state index contributed by atoms with van der Waals surface area (Å²) in [5.74, 6) is -0.436. The van der Waals surface area contributed by atoms with Crippen LogP contribution in [-0.4, -0.2) is 20.3 Å². The lowest BCUT2D eigenvalue weighted by Crippen LogP contribution is -2.30. The molecular formula is C24H21F6NO3S2. The summed E-state index contributed by atoms with van der Waals surface area (Å²) < 4.78 is 105. The first-order valence-corrected chi connectivity index (χ1v) is 12.6. The van der Waals surface area contributed by atoms with Crippen LogP contribution >= 0.6 is 11.8 Å². The summed E-state index contributed by atoms with van der Waals surface area (Å²) in [6.45, 7) is 6.06. The summed E-state index contributed by atoms with van der Waals surface area (Å²) in [4.78, 5) is 0.806. The van der Waals surface area contributed by atoms with E-state index >= 15 is 0 Å². The Morgan fingerprint density at radius 1 is 0.778 bits per heavy atom. The first-order chi connectivity index (χ1) is 16.4. The van der Waals surface area contributed by atoms with Crippen LogP contribution in [0.25, 0.3) is 11.1 Å². The van der Waals surface area contributed by atoms with Crippen LogP contribution in [0, 0.1) is 0 Å². The van der Waals surface area contributed by atoms with Gasteiger partial charge in [-0.15, -0.1) is 13.2 Å². The summed E-state index contributed by atoms with van der Waals surface area (Å²) in [6, 6.07) is 16.2. The molecular weight excluding hydrogens is 528 g/mol. The first kappa shape index (κ1) is 27.7. The quantitative estimate of drug-likeness (QED) is 0.317. The van der Waals surface area contributed by atoms with Crippen LogP contribution in [0.2, 0.25) is 0 Å². The van der Waals surface area contributed by atoms with Gasteiger partial charge in [0.05, 0.1) is 5.69 Å². The Bertz CT molecular complexity index is 1310. The molecule has 0 aliphatic carbocycles. The fourth-order valence-electron chi connectivity index (χ4n) is 3.07. The van der Waals surface area contributed by atoms with Crippen molar-refractivity contribution in [3.8, 4) is 16.9 Å². The third-order valence-corrected chi connectivity index (χ3v) is 7.06. The van der Waals surface area contributed by atoms with Gasteiger partial charge in [0.1, 0.15) is 5.75 Å². The van der Waals surface area contributed by atoms with E-state index in [0.29, 0.717) is 16.0 Å². The molecule has 3 rings (SSSR count). The molecule has 0 radical (unpaired) electrons. The lowest BCUT2D eigenvalue weighted by atomic mass is 9.87. The molecule has 4 nitrogen and oxygen atoms in total. The van der Waals surface area contributed by atoms with E-state index < -0.39 is 27.6 Å². The van der Waals surface area contributed by atoms with E-state index in [-0.39, 0.29) is 16.0 Å². The van der Waals surface area contributed by atoms with Crippen molar-refractivity contribution in [1.82, 2.24) is 0 Å². The Labute approximate surface area is 208 Å². The zero-order valence-electron chi connectivity index (χ0n) is 19.2. The Balaban J connectivity index is 1.99. The number of hydrogen-bond acceptors (Lipinski definition) is 4. The standard InChI is InChI=1S/C24H21F6NO3S2/c1-22(2,3)17-7-11-19(12-8-17)35-21-14-16(6-13-20(21)31-36(32,33)24(28,29)30)15-4-9-18(10-5-15)34-23(25,26)27/h4-14,31H,1-3H3. The molecule has 3 aromatic carbocycles.